The van der Waals surface area contributed by atoms with Crippen LogP contribution in [-0.4, -0.2) is 30.6 Å². The van der Waals surface area contributed by atoms with Gasteiger partial charge in [-0.25, -0.2) is 0 Å². The van der Waals surface area contributed by atoms with Crippen molar-refractivity contribution < 1.29 is 9.90 Å². The van der Waals surface area contributed by atoms with E-state index in [9.17, 15) is 10.1 Å². The molecule has 0 amide bonds. The number of carboxylic acid groups (broad SMARTS) is 1. The second-order valence-corrected chi connectivity index (χ2v) is 7.38. The first kappa shape index (κ1) is 14.0. The number of aromatic carboxylic acids is 1. The van der Waals surface area contributed by atoms with E-state index in [1.807, 2.05) is 19.2 Å². The van der Waals surface area contributed by atoms with Gasteiger partial charge in [0.05, 0.1) is 0 Å². The molecule has 2 heterocycles. The number of hydrogen-bond acceptors (Lipinski definition) is 4. The first-order valence-electron chi connectivity index (χ1n) is 5.68. The van der Waals surface area contributed by atoms with Gasteiger partial charge in [-0.1, -0.05) is 0 Å². The normalized spacial score (nSPS) is 10.7. The van der Waals surface area contributed by atoms with E-state index in [0.29, 0.717) is 15.7 Å². The Morgan fingerprint density at radius 3 is 2.74 bits per heavy atom. The van der Waals surface area contributed by atoms with E-state index in [1.165, 1.54) is 11.3 Å². The minimum atomic E-state index is -0.907. The molecule has 1 N–H and O–H groups in total. The molecule has 0 saturated heterocycles. The molecule has 19 heavy (non-hydrogen) atoms. The first-order chi connectivity index (χ1) is 8.95. The molecule has 0 aliphatic carbocycles. The van der Waals surface area contributed by atoms with Gasteiger partial charge in [0.2, 0.25) is 0 Å². The second kappa shape index (κ2) is 5.30. The predicted octanol–water partition coefficient (Wildman–Crippen LogP) is 2.87. The summed E-state index contributed by atoms with van der Waals surface area (Å²) in [6, 6.07) is 2.23. The average molecular weight is 339 g/mol. The number of rotatable bonds is 3. The predicted molar refractivity (Wildman–Crippen MR) is 75.0 cm³/mol. The topological polar surface area (TPSA) is 74.0 Å². The van der Waals surface area contributed by atoms with Crippen LogP contribution in [0.3, 0.4) is 0 Å². The van der Waals surface area contributed by atoms with E-state index in [-0.39, 0.29) is 20.4 Å². The summed E-state index contributed by atoms with van der Waals surface area (Å²) in [6.45, 7) is 5.79. The SMILES string of the molecule is Cc1nc(-c2scc(C(C)C)c2C#N)[se]c1C(=O)O. The van der Waals surface area contributed by atoms with Crippen LogP contribution in [0.15, 0.2) is 5.38 Å². The zero-order chi connectivity index (χ0) is 14.2. The summed E-state index contributed by atoms with van der Waals surface area (Å²) in [4.78, 5) is 16.3. The molecule has 0 aliphatic heterocycles. The van der Waals surface area contributed by atoms with Gasteiger partial charge in [0, 0.05) is 0 Å². The zero-order valence-corrected chi connectivity index (χ0v) is 13.3. The van der Waals surface area contributed by atoms with E-state index in [2.05, 4.69) is 11.1 Å². The van der Waals surface area contributed by atoms with Gasteiger partial charge in [-0.05, 0) is 0 Å². The number of hydrogen-bond donors (Lipinski definition) is 1. The molecule has 2 aromatic heterocycles. The van der Waals surface area contributed by atoms with Crippen molar-refractivity contribution in [2.75, 3.05) is 0 Å². The van der Waals surface area contributed by atoms with Gasteiger partial charge in [0.25, 0.3) is 0 Å². The van der Waals surface area contributed by atoms with Crippen LogP contribution in [0.25, 0.3) is 9.44 Å². The van der Waals surface area contributed by atoms with Crippen LogP contribution in [-0.2, 0) is 0 Å². The third kappa shape index (κ3) is 2.50. The van der Waals surface area contributed by atoms with Crippen molar-refractivity contribution in [3.63, 3.8) is 0 Å². The van der Waals surface area contributed by atoms with Crippen molar-refractivity contribution >= 4 is 31.8 Å². The van der Waals surface area contributed by atoms with Crippen molar-refractivity contribution in [3.8, 4) is 15.5 Å². The molecule has 0 radical (unpaired) electrons. The molecular weight excluding hydrogens is 327 g/mol. The number of carboxylic acids is 1. The van der Waals surface area contributed by atoms with E-state index < -0.39 is 5.97 Å². The van der Waals surface area contributed by atoms with Crippen molar-refractivity contribution in [1.29, 1.82) is 5.26 Å². The summed E-state index contributed by atoms with van der Waals surface area (Å²) in [6.07, 6.45) is 0. The monoisotopic (exact) mass is 340 g/mol. The van der Waals surface area contributed by atoms with Crippen molar-refractivity contribution in [2.24, 2.45) is 0 Å². The Bertz CT molecular complexity index is 679. The summed E-state index contributed by atoms with van der Waals surface area (Å²) >= 11 is 1.17. The standard InChI is InChI=1S/C13H12N2O2SSe/c1-6(2)9-5-18-10(8(9)4-14)12-15-7(3)11(19-12)13(16)17/h5-6H,1-3H3,(H,16,17). The van der Waals surface area contributed by atoms with Crippen molar-refractivity contribution in [2.45, 2.75) is 26.7 Å². The maximum absolute atomic E-state index is 11.1. The van der Waals surface area contributed by atoms with Crippen LogP contribution < -0.4 is 0 Å². The Labute approximate surface area is 121 Å². The quantitative estimate of drug-likeness (QED) is 0.873. The maximum atomic E-state index is 11.1. The van der Waals surface area contributed by atoms with Gasteiger partial charge in [0.1, 0.15) is 0 Å². The zero-order valence-electron chi connectivity index (χ0n) is 10.7. The van der Waals surface area contributed by atoms with E-state index in [1.54, 1.807) is 6.92 Å². The van der Waals surface area contributed by atoms with Crippen LogP contribution in [0.2, 0.25) is 0 Å². The number of nitriles is 1. The van der Waals surface area contributed by atoms with Crippen LogP contribution in [0.4, 0.5) is 0 Å². The summed E-state index contributed by atoms with van der Waals surface area (Å²) in [5.74, 6) is -0.627. The number of aromatic nitrogens is 1. The van der Waals surface area contributed by atoms with Gasteiger partial charge in [0.15, 0.2) is 0 Å². The van der Waals surface area contributed by atoms with Crippen LogP contribution in [0.1, 0.15) is 45.8 Å². The molecule has 0 bridgehead atoms. The number of thiophene rings is 1. The summed E-state index contributed by atoms with van der Waals surface area (Å²) < 4.78 is 1.14. The Morgan fingerprint density at radius 2 is 2.26 bits per heavy atom. The minimum absolute atomic E-state index is 0.280. The number of nitrogens with zero attached hydrogens (tertiary/aromatic N) is 2. The third-order valence-electron chi connectivity index (χ3n) is 2.74. The van der Waals surface area contributed by atoms with Gasteiger partial charge in [-0.15, -0.1) is 0 Å². The first-order valence-corrected chi connectivity index (χ1v) is 8.27. The molecule has 6 heteroatoms. The van der Waals surface area contributed by atoms with Gasteiger partial charge in [-0.2, -0.15) is 0 Å². The van der Waals surface area contributed by atoms with Gasteiger partial charge in [-0.3, -0.25) is 0 Å². The fraction of sp³-hybridized carbons (Fsp3) is 0.308. The van der Waals surface area contributed by atoms with Crippen molar-refractivity contribution in [3.05, 3.63) is 26.6 Å². The fourth-order valence-corrected chi connectivity index (χ4v) is 5.13. The Balaban J connectivity index is 2.57. The van der Waals surface area contributed by atoms with Crippen LogP contribution in [0, 0.1) is 18.3 Å². The van der Waals surface area contributed by atoms with Crippen LogP contribution in [0.5, 0.6) is 0 Å². The number of carbonyl (C=O) groups is 1. The molecule has 0 atom stereocenters. The molecule has 2 rings (SSSR count). The molecule has 2 aromatic rings. The Kier molecular flexibility index (Phi) is 3.91. The van der Waals surface area contributed by atoms with E-state index >= 15 is 0 Å². The van der Waals surface area contributed by atoms with E-state index in [0.717, 1.165) is 15.0 Å². The molecule has 0 unspecified atom stereocenters. The third-order valence-corrected chi connectivity index (χ3v) is 6.47. The molecule has 0 fully saturated rings. The molecule has 0 aliphatic rings. The Morgan fingerprint density at radius 1 is 1.58 bits per heavy atom. The molecule has 0 saturated carbocycles. The summed E-state index contributed by atoms with van der Waals surface area (Å²) in [5, 5.41) is 20.4. The van der Waals surface area contributed by atoms with Gasteiger partial charge < -0.3 is 0 Å². The second-order valence-electron chi connectivity index (χ2n) is 4.40. The molecule has 4 nitrogen and oxygen atoms in total. The summed E-state index contributed by atoms with van der Waals surface area (Å²) in [7, 11) is 0. The summed E-state index contributed by atoms with van der Waals surface area (Å²) in [5.41, 5.74) is 2.23. The molecule has 0 spiro atoms. The fourth-order valence-electron chi connectivity index (χ4n) is 1.76. The van der Waals surface area contributed by atoms with E-state index in [4.69, 9.17) is 5.11 Å². The molecule has 0 aromatic carbocycles. The number of aryl methyl sites for hydroxylation is 1. The average Bonchev–Trinajstić information content (AvgIpc) is 2.91. The van der Waals surface area contributed by atoms with Crippen molar-refractivity contribution in [1.82, 2.24) is 4.98 Å². The molecule has 98 valence electrons. The van der Waals surface area contributed by atoms with Gasteiger partial charge >= 0.3 is 121 Å². The molecular formula is C13H12N2O2SSe. The van der Waals surface area contributed by atoms with Crippen LogP contribution >= 0.6 is 11.3 Å². The Hall–Kier alpha value is -1.41.